The van der Waals surface area contributed by atoms with Gasteiger partial charge in [0.05, 0.1) is 0 Å². The van der Waals surface area contributed by atoms with Crippen LogP contribution in [-0.4, -0.2) is 0 Å². The van der Waals surface area contributed by atoms with Crippen molar-refractivity contribution >= 4 is 5.57 Å². The van der Waals surface area contributed by atoms with E-state index in [2.05, 4.69) is 37.8 Å². The molecule has 0 heteroatoms. The van der Waals surface area contributed by atoms with Crippen LogP contribution in [-0.2, 0) is 0 Å². The first-order valence-electron chi connectivity index (χ1n) is 4.57. The number of allylic oxidation sites excluding steroid dienone is 1. The van der Waals surface area contributed by atoms with Crippen molar-refractivity contribution in [2.24, 2.45) is 0 Å². The molecule has 0 aliphatic heterocycles. The number of benzene rings is 1. The van der Waals surface area contributed by atoms with Gasteiger partial charge in [-0.1, -0.05) is 50.3 Å². The van der Waals surface area contributed by atoms with Gasteiger partial charge in [-0.2, -0.15) is 0 Å². The average Bonchev–Trinajstić information content (AvgIpc) is 2.15. The molecule has 0 amide bonds. The van der Waals surface area contributed by atoms with Crippen LogP contribution in [0.1, 0.15) is 31.7 Å². The molecule has 0 saturated heterocycles. The highest BCUT2D eigenvalue weighted by Crippen LogP contribution is 2.17. The molecule has 0 heterocycles. The molecule has 0 N–H and O–H groups in total. The molecule has 1 aromatic rings. The molecule has 0 aromatic heterocycles. The quantitative estimate of drug-likeness (QED) is 0.626. The molecule has 0 aliphatic carbocycles. The SMILES string of the molecule is C=C(CCCC)c1ccccc1. The molecule has 0 spiro atoms. The Labute approximate surface area is 74.9 Å². The Hall–Kier alpha value is -1.04. The first kappa shape index (κ1) is 9.05. The van der Waals surface area contributed by atoms with Crippen LogP contribution < -0.4 is 0 Å². The van der Waals surface area contributed by atoms with Gasteiger partial charge in [0.1, 0.15) is 0 Å². The molecule has 0 radical (unpaired) electrons. The smallest absolute Gasteiger partial charge is 0.0230 e. The highest BCUT2D eigenvalue weighted by Gasteiger charge is 1.95. The third-order valence-electron chi connectivity index (χ3n) is 2.01. The summed E-state index contributed by atoms with van der Waals surface area (Å²) in [5.74, 6) is 0. The normalized spacial score (nSPS) is 9.75. The van der Waals surface area contributed by atoms with Crippen LogP contribution in [0.4, 0.5) is 0 Å². The van der Waals surface area contributed by atoms with Crippen molar-refractivity contribution in [3.63, 3.8) is 0 Å². The molecule has 64 valence electrons. The van der Waals surface area contributed by atoms with Crippen LogP contribution in [0.5, 0.6) is 0 Å². The first-order valence-corrected chi connectivity index (χ1v) is 4.57. The molecule has 12 heavy (non-hydrogen) atoms. The van der Waals surface area contributed by atoms with E-state index in [1.165, 1.54) is 24.0 Å². The van der Waals surface area contributed by atoms with Gasteiger partial charge in [-0.25, -0.2) is 0 Å². The van der Waals surface area contributed by atoms with E-state index in [9.17, 15) is 0 Å². The molecule has 0 atom stereocenters. The van der Waals surface area contributed by atoms with E-state index in [-0.39, 0.29) is 0 Å². The summed E-state index contributed by atoms with van der Waals surface area (Å²) in [6.07, 6.45) is 3.61. The van der Waals surface area contributed by atoms with E-state index in [0.717, 1.165) is 6.42 Å². The average molecular weight is 160 g/mol. The van der Waals surface area contributed by atoms with Crippen LogP contribution in [0, 0.1) is 0 Å². The molecular formula is C12H16. The largest absolute Gasteiger partial charge is 0.0952 e. The van der Waals surface area contributed by atoms with Crippen LogP contribution >= 0.6 is 0 Å². The molecule has 1 aromatic carbocycles. The number of hydrogen-bond donors (Lipinski definition) is 0. The lowest BCUT2D eigenvalue weighted by atomic mass is 10.0. The summed E-state index contributed by atoms with van der Waals surface area (Å²) < 4.78 is 0. The van der Waals surface area contributed by atoms with Crippen molar-refractivity contribution in [1.82, 2.24) is 0 Å². The lowest BCUT2D eigenvalue weighted by molar-refractivity contribution is 0.825. The van der Waals surface area contributed by atoms with Gasteiger partial charge in [0.2, 0.25) is 0 Å². The Bertz CT molecular complexity index is 233. The van der Waals surface area contributed by atoms with Gasteiger partial charge >= 0.3 is 0 Å². The molecule has 0 aliphatic rings. The lowest BCUT2D eigenvalue weighted by Gasteiger charge is -2.03. The zero-order valence-electron chi connectivity index (χ0n) is 7.72. The summed E-state index contributed by atoms with van der Waals surface area (Å²) in [5, 5.41) is 0. The maximum atomic E-state index is 4.06. The molecular weight excluding hydrogens is 144 g/mol. The topological polar surface area (TPSA) is 0 Å². The van der Waals surface area contributed by atoms with E-state index in [4.69, 9.17) is 0 Å². The van der Waals surface area contributed by atoms with Crippen molar-refractivity contribution in [2.45, 2.75) is 26.2 Å². The van der Waals surface area contributed by atoms with E-state index in [1.54, 1.807) is 0 Å². The van der Waals surface area contributed by atoms with Crippen molar-refractivity contribution in [3.8, 4) is 0 Å². The molecule has 0 saturated carbocycles. The summed E-state index contributed by atoms with van der Waals surface area (Å²) in [6, 6.07) is 10.4. The molecule has 0 bridgehead atoms. The minimum Gasteiger partial charge on any atom is -0.0952 e. The van der Waals surface area contributed by atoms with Gasteiger partial charge in [0.25, 0.3) is 0 Å². The van der Waals surface area contributed by atoms with Crippen LogP contribution in [0.15, 0.2) is 36.9 Å². The maximum Gasteiger partial charge on any atom is -0.0230 e. The summed E-state index contributed by atoms with van der Waals surface area (Å²) >= 11 is 0. The third-order valence-corrected chi connectivity index (χ3v) is 2.01. The van der Waals surface area contributed by atoms with E-state index >= 15 is 0 Å². The highest BCUT2D eigenvalue weighted by molar-refractivity contribution is 5.62. The molecule has 0 unspecified atom stereocenters. The Morgan fingerprint density at radius 3 is 2.50 bits per heavy atom. The second kappa shape index (κ2) is 4.76. The minimum absolute atomic E-state index is 1.13. The summed E-state index contributed by atoms with van der Waals surface area (Å²) in [6.45, 7) is 6.27. The monoisotopic (exact) mass is 160 g/mol. The fourth-order valence-electron chi connectivity index (χ4n) is 1.21. The van der Waals surface area contributed by atoms with Crippen LogP contribution in [0.25, 0.3) is 5.57 Å². The van der Waals surface area contributed by atoms with Gasteiger partial charge in [-0.3, -0.25) is 0 Å². The van der Waals surface area contributed by atoms with Crippen LogP contribution in [0.3, 0.4) is 0 Å². The standard InChI is InChI=1S/C12H16/c1-3-4-8-11(2)12-9-6-5-7-10-12/h5-7,9-10H,2-4,8H2,1H3. The first-order chi connectivity index (χ1) is 5.84. The minimum atomic E-state index is 1.13. The predicted octanol–water partition coefficient (Wildman–Crippen LogP) is 3.89. The second-order valence-electron chi connectivity index (χ2n) is 3.07. The predicted molar refractivity (Wildman–Crippen MR) is 55.0 cm³/mol. The van der Waals surface area contributed by atoms with Crippen molar-refractivity contribution in [2.75, 3.05) is 0 Å². The second-order valence-corrected chi connectivity index (χ2v) is 3.07. The van der Waals surface area contributed by atoms with Gasteiger partial charge < -0.3 is 0 Å². The Kier molecular flexibility index (Phi) is 3.59. The fourth-order valence-corrected chi connectivity index (χ4v) is 1.21. The van der Waals surface area contributed by atoms with E-state index < -0.39 is 0 Å². The number of rotatable bonds is 4. The maximum absolute atomic E-state index is 4.06. The fraction of sp³-hybridized carbons (Fsp3) is 0.333. The van der Waals surface area contributed by atoms with E-state index in [1.807, 2.05) is 6.07 Å². The Balaban J connectivity index is 2.54. The Morgan fingerprint density at radius 1 is 1.25 bits per heavy atom. The third kappa shape index (κ3) is 2.54. The molecule has 0 nitrogen and oxygen atoms in total. The highest BCUT2D eigenvalue weighted by atomic mass is 14.0. The zero-order valence-corrected chi connectivity index (χ0v) is 7.72. The number of unbranched alkanes of at least 4 members (excludes halogenated alkanes) is 1. The summed E-state index contributed by atoms with van der Waals surface area (Å²) in [5.41, 5.74) is 2.54. The molecule has 0 fully saturated rings. The van der Waals surface area contributed by atoms with Crippen molar-refractivity contribution in [3.05, 3.63) is 42.5 Å². The van der Waals surface area contributed by atoms with Crippen LogP contribution in [0.2, 0.25) is 0 Å². The summed E-state index contributed by atoms with van der Waals surface area (Å²) in [4.78, 5) is 0. The van der Waals surface area contributed by atoms with Gasteiger partial charge in [-0.15, -0.1) is 0 Å². The van der Waals surface area contributed by atoms with Crippen molar-refractivity contribution in [1.29, 1.82) is 0 Å². The zero-order chi connectivity index (χ0) is 8.81. The van der Waals surface area contributed by atoms with Gasteiger partial charge in [0, 0.05) is 0 Å². The Morgan fingerprint density at radius 2 is 1.92 bits per heavy atom. The lowest BCUT2D eigenvalue weighted by Crippen LogP contribution is -1.81. The van der Waals surface area contributed by atoms with E-state index in [0.29, 0.717) is 0 Å². The number of hydrogen-bond acceptors (Lipinski definition) is 0. The van der Waals surface area contributed by atoms with Gasteiger partial charge in [-0.05, 0) is 24.0 Å². The molecule has 1 rings (SSSR count). The van der Waals surface area contributed by atoms with Gasteiger partial charge in [0.15, 0.2) is 0 Å². The summed E-state index contributed by atoms with van der Waals surface area (Å²) in [7, 11) is 0. The van der Waals surface area contributed by atoms with Crippen molar-refractivity contribution < 1.29 is 0 Å².